The summed E-state index contributed by atoms with van der Waals surface area (Å²) < 4.78 is 0. The van der Waals surface area contributed by atoms with Gasteiger partial charge in [-0.1, -0.05) is 6.58 Å². The smallest absolute Gasteiger partial charge is 0.327 e. The maximum Gasteiger partial charge on any atom is 0.327 e. The molecule has 0 aromatic heterocycles. The molecule has 62 valence electrons. The molecule has 0 unspecified atom stereocenters. The summed E-state index contributed by atoms with van der Waals surface area (Å²) in [6, 6.07) is 0. The van der Waals surface area contributed by atoms with E-state index in [1.165, 1.54) is 0 Å². The lowest BCUT2D eigenvalue weighted by Crippen LogP contribution is -1.85. The second kappa shape index (κ2) is 15.7. The summed E-state index contributed by atoms with van der Waals surface area (Å²) >= 11 is 0. The van der Waals surface area contributed by atoms with Gasteiger partial charge in [-0.15, -0.1) is 0 Å². The molecule has 0 amide bonds. The summed E-state index contributed by atoms with van der Waals surface area (Å²) in [7, 11) is 0. The van der Waals surface area contributed by atoms with Crippen LogP contribution in [0.5, 0.6) is 0 Å². The molecule has 6 N–H and O–H groups in total. The Hall–Kier alpha value is -0.910. The number of rotatable bonds is 2. The maximum atomic E-state index is 9.25. The van der Waals surface area contributed by atoms with Crippen LogP contribution in [0, 0.1) is 0 Å². The van der Waals surface area contributed by atoms with Crippen LogP contribution in [0.25, 0.3) is 0 Å². The van der Waals surface area contributed by atoms with Crippen LogP contribution in [0.3, 0.4) is 0 Å². The Labute approximate surface area is 59.2 Å². The van der Waals surface area contributed by atoms with E-state index in [0.717, 1.165) is 6.08 Å². The predicted molar refractivity (Wildman–Crippen MR) is 37.0 cm³/mol. The fourth-order valence-electron chi connectivity index (χ4n) is 0. The van der Waals surface area contributed by atoms with Crippen LogP contribution in [0.15, 0.2) is 12.7 Å². The van der Waals surface area contributed by atoms with Gasteiger partial charge in [-0.05, 0) is 0 Å². The Kier molecular flexibility index (Phi) is 25.2. The number of aliphatic hydroxyl groups is 2. The van der Waals surface area contributed by atoms with E-state index in [-0.39, 0.29) is 19.4 Å². The topological polar surface area (TPSA) is 113 Å². The summed E-state index contributed by atoms with van der Waals surface area (Å²) in [6.07, 6.45) is 0.833. The van der Waals surface area contributed by atoms with Crippen LogP contribution in [0.2, 0.25) is 0 Å². The van der Waals surface area contributed by atoms with Gasteiger partial charge in [0.25, 0.3) is 0 Å². The van der Waals surface area contributed by atoms with Crippen molar-refractivity contribution >= 4 is 5.97 Å². The van der Waals surface area contributed by atoms with Gasteiger partial charge in [0.2, 0.25) is 0 Å². The Morgan fingerprint density at radius 2 is 1.60 bits per heavy atom. The monoisotopic (exact) mass is 151 g/mol. The molecular formula is C5H13NO4. The van der Waals surface area contributed by atoms with Gasteiger partial charge in [0, 0.05) is 6.08 Å². The Balaban J connectivity index is -0.0000000910. The highest BCUT2D eigenvalue weighted by molar-refractivity contribution is 5.78. The van der Waals surface area contributed by atoms with Crippen molar-refractivity contribution in [1.82, 2.24) is 6.15 Å². The summed E-state index contributed by atoms with van der Waals surface area (Å²) in [6.45, 7) is 2.71. The highest BCUT2D eigenvalue weighted by Gasteiger charge is 1.73. The molecule has 0 rings (SSSR count). The normalized spacial score (nSPS) is 6.20. The molecule has 0 aromatic carbocycles. The molecule has 10 heavy (non-hydrogen) atoms. The molecule has 0 aliphatic rings. The molecule has 0 aromatic rings. The molecule has 0 atom stereocenters. The lowest BCUT2D eigenvalue weighted by molar-refractivity contribution is -0.131. The lowest BCUT2D eigenvalue weighted by Gasteiger charge is -1.70. The van der Waals surface area contributed by atoms with Crippen molar-refractivity contribution in [3.63, 3.8) is 0 Å². The van der Waals surface area contributed by atoms with E-state index in [2.05, 4.69) is 6.58 Å². The second-order valence-electron chi connectivity index (χ2n) is 0.990. The van der Waals surface area contributed by atoms with Crippen LogP contribution in [0.1, 0.15) is 0 Å². The fraction of sp³-hybridized carbons (Fsp3) is 0.400. The van der Waals surface area contributed by atoms with Crippen LogP contribution >= 0.6 is 0 Å². The van der Waals surface area contributed by atoms with E-state index in [1.54, 1.807) is 0 Å². The van der Waals surface area contributed by atoms with Crippen molar-refractivity contribution in [2.75, 3.05) is 13.2 Å². The minimum Gasteiger partial charge on any atom is -0.478 e. The highest BCUT2D eigenvalue weighted by atomic mass is 16.4. The number of aliphatic hydroxyl groups excluding tert-OH is 2. The third-order valence-corrected chi connectivity index (χ3v) is 0.275. The van der Waals surface area contributed by atoms with Crippen molar-refractivity contribution in [1.29, 1.82) is 0 Å². The fourth-order valence-corrected chi connectivity index (χ4v) is 0. The molecule has 0 bridgehead atoms. The van der Waals surface area contributed by atoms with Gasteiger partial charge in [0.15, 0.2) is 0 Å². The second-order valence-corrected chi connectivity index (χ2v) is 0.990. The summed E-state index contributed by atoms with van der Waals surface area (Å²) in [5, 5.41) is 22.9. The van der Waals surface area contributed by atoms with Crippen LogP contribution in [-0.2, 0) is 4.79 Å². The van der Waals surface area contributed by atoms with Crippen LogP contribution < -0.4 is 6.15 Å². The first-order valence-corrected chi connectivity index (χ1v) is 2.26. The zero-order valence-electron chi connectivity index (χ0n) is 5.66. The van der Waals surface area contributed by atoms with Crippen molar-refractivity contribution in [3.05, 3.63) is 12.7 Å². The Bertz CT molecular complexity index is 81.7. The average Bonchev–Trinajstić information content (AvgIpc) is 1.89. The zero-order chi connectivity index (χ0) is 7.70. The first-order valence-electron chi connectivity index (χ1n) is 2.26. The molecule has 0 aliphatic carbocycles. The molecule has 5 nitrogen and oxygen atoms in total. The summed E-state index contributed by atoms with van der Waals surface area (Å²) in [5.74, 6) is -0.981. The Morgan fingerprint density at radius 3 is 1.60 bits per heavy atom. The van der Waals surface area contributed by atoms with E-state index in [0.29, 0.717) is 0 Å². The summed E-state index contributed by atoms with van der Waals surface area (Å²) in [5.41, 5.74) is 0. The third-order valence-electron chi connectivity index (χ3n) is 0.275. The largest absolute Gasteiger partial charge is 0.478 e. The van der Waals surface area contributed by atoms with Crippen LogP contribution in [-0.4, -0.2) is 34.5 Å². The molecule has 0 spiro atoms. The van der Waals surface area contributed by atoms with Gasteiger partial charge in [-0.2, -0.15) is 0 Å². The van der Waals surface area contributed by atoms with Gasteiger partial charge >= 0.3 is 5.97 Å². The molecule has 0 fully saturated rings. The minimum absolute atomic E-state index is 0. The van der Waals surface area contributed by atoms with E-state index in [9.17, 15) is 4.79 Å². The van der Waals surface area contributed by atoms with Crippen molar-refractivity contribution < 1.29 is 20.1 Å². The Morgan fingerprint density at radius 1 is 1.40 bits per heavy atom. The summed E-state index contributed by atoms with van der Waals surface area (Å²) in [4.78, 5) is 9.25. The number of carbonyl (C=O) groups is 1. The van der Waals surface area contributed by atoms with Gasteiger partial charge in [-0.25, -0.2) is 4.79 Å². The van der Waals surface area contributed by atoms with Crippen molar-refractivity contribution in [2.45, 2.75) is 0 Å². The first-order chi connectivity index (χ1) is 4.18. The molecular weight excluding hydrogens is 138 g/mol. The zero-order valence-corrected chi connectivity index (χ0v) is 5.66. The molecule has 0 saturated carbocycles. The van der Waals surface area contributed by atoms with E-state index < -0.39 is 5.97 Å². The van der Waals surface area contributed by atoms with E-state index in [4.69, 9.17) is 15.3 Å². The average molecular weight is 151 g/mol. The van der Waals surface area contributed by atoms with Gasteiger partial charge in [0.05, 0.1) is 13.2 Å². The number of aliphatic carboxylic acids is 1. The van der Waals surface area contributed by atoms with Gasteiger partial charge in [0.1, 0.15) is 0 Å². The standard InChI is InChI=1S/C3H4O2.C2H6O2.H3N/c1-2-3(4)5;3-1-2-4;/h2H,1H2,(H,4,5);3-4H,1-2H2;1H3. The third kappa shape index (κ3) is 60.2. The van der Waals surface area contributed by atoms with Crippen molar-refractivity contribution in [3.8, 4) is 0 Å². The molecule has 0 aliphatic heterocycles. The lowest BCUT2D eigenvalue weighted by atomic mass is 10.7. The molecule has 5 heteroatoms. The quantitative estimate of drug-likeness (QED) is 0.393. The SMILES string of the molecule is C=CC(=O)O.N.OCCO. The van der Waals surface area contributed by atoms with Gasteiger partial charge < -0.3 is 21.5 Å². The number of carboxylic acid groups (broad SMARTS) is 1. The van der Waals surface area contributed by atoms with Crippen molar-refractivity contribution in [2.24, 2.45) is 0 Å². The number of hydrogen-bond acceptors (Lipinski definition) is 4. The minimum atomic E-state index is -0.981. The van der Waals surface area contributed by atoms with Crippen LogP contribution in [0.4, 0.5) is 0 Å². The molecule has 0 saturated heterocycles. The van der Waals surface area contributed by atoms with E-state index >= 15 is 0 Å². The molecule has 0 heterocycles. The molecule has 0 radical (unpaired) electrons. The van der Waals surface area contributed by atoms with E-state index in [1.807, 2.05) is 0 Å². The predicted octanol–water partition coefficient (Wildman–Crippen LogP) is -0.610. The number of hydrogen-bond donors (Lipinski definition) is 4. The highest BCUT2D eigenvalue weighted by Crippen LogP contribution is 1.54. The number of carboxylic acids is 1. The van der Waals surface area contributed by atoms with Gasteiger partial charge in [-0.3, -0.25) is 0 Å². The first kappa shape index (κ1) is 16.0. The maximum absolute atomic E-state index is 9.25.